The number of amides is 2. The van der Waals surface area contributed by atoms with E-state index in [4.69, 9.17) is 4.74 Å². The lowest BCUT2D eigenvalue weighted by Crippen LogP contribution is -2.49. The number of sulfonamides is 1. The Morgan fingerprint density at radius 3 is 2.19 bits per heavy atom. The molecule has 0 radical (unpaired) electrons. The van der Waals surface area contributed by atoms with E-state index >= 15 is 0 Å². The number of carbonyl (C=O) groups excluding carboxylic acids is 2. The van der Waals surface area contributed by atoms with Gasteiger partial charge in [0.2, 0.25) is 21.8 Å². The van der Waals surface area contributed by atoms with Gasteiger partial charge in [-0.05, 0) is 56.0 Å². The number of methoxy groups -OCH3 is 1. The molecule has 0 spiro atoms. The van der Waals surface area contributed by atoms with Crippen molar-refractivity contribution in [2.24, 2.45) is 0 Å². The van der Waals surface area contributed by atoms with Crippen molar-refractivity contribution in [3.8, 4) is 5.75 Å². The number of hydrogen-bond donors (Lipinski definition) is 1. The molecule has 9 heteroatoms. The molecule has 0 bridgehead atoms. The lowest BCUT2D eigenvalue weighted by atomic mass is 10.1. The van der Waals surface area contributed by atoms with Gasteiger partial charge in [0.1, 0.15) is 11.8 Å². The molecule has 0 saturated carbocycles. The van der Waals surface area contributed by atoms with Crippen molar-refractivity contribution in [1.29, 1.82) is 0 Å². The first kappa shape index (κ1) is 30.2. The fourth-order valence-corrected chi connectivity index (χ4v) is 5.03. The Bertz CT molecular complexity index is 1100. The molecule has 204 valence electrons. The van der Waals surface area contributed by atoms with Gasteiger partial charge < -0.3 is 15.0 Å². The normalized spacial score (nSPS) is 12.0. The van der Waals surface area contributed by atoms with Crippen molar-refractivity contribution in [3.63, 3.8) is 0 Å². The molecule has 0 saturated heterocycles. The van der Waals surface area contributed by atoms with Crippen LogP contribution in [0.3, 0.4) is 0 Å². The molecule has 0 heterocycles. The van der Waals surface area contributed by atoms with Crippen LogP contribution in [0.4, 0.5) is 5.69 Å². The van der Waals surface area contributed by atoms with E-state index in [9.17, 15) is 18.0 Å². The molecule has 0 aliphatic rings. The number of aryl methyl sites for hydroxylation is 1. The molecular formula is C28H41N3O5S. The van der Waals surface area contributed by atoms with Gasteiger partial charge in [-0.1, -0.05) is 50.1 Å². The van der Waals surface area contributed by atoms with E-state index < -0.39 is 16.1 Å². The van der Waals surface area contributed by atoms with E-state index in [0.717, 1.165) is 30.2 Å². The number of ether oxygens (including phenoxy) is 1. The van der Waals surface area contributed by atoms with E-state index in [1.165, 1.54) is 4.31 Å². The lowest BCUT2D eigenvalue weighted by molar-refractivity contribution is -0.141. The molecule has 8 nitrogen and oxygen atoms in total. The Kier molecular flexibility index (Phi) is 11.9. The van der Waals surface area contributed by atoms with Crippen LogP contribution in [0, 0.1) is 6.92 Å². The zero-order chi connectivity index (χ0) is 27.4. The molecule has 2 rings (SSSR count). The number of carbonyl (C=O) groups is 2. The Morgan fingerprint density at radius 2 is 1.65 bits per heavy atom. The summed E-state index contributed by atoms with van der Waals surface area (Å²) in [6, 6.07) is 14.1. The first-order valence-corrected chi connectivity index (χ1v) is 14.7. The summed E-state index contributed by atoms with van der Waals surface area (Å²) in [6.07, 6.45) is 3.91. The summed E-state index contributed by atoms with van der Waals surface area (Å²) < 4.78 is 31.4. The minimum absolute atomic E-state index is 0.118. The average Bonchev–Trinajstić information content (AvgIpc) is 2.87. The molecule has 2 amide bonds. The smallest absolute Gasteiger partial charge is 0.242 e. The van der Waals surface area contributed by atoms with Crippen molar-refractivity contribution in [1.82, 2.24) is 10.2 Å². The lowest BCUT2D eigenvalue weighted by Gasteiger charge is -2.31. The molecule has 2 aromatic carbocycles. The van der Waals surface area contributed by atoms with Crippen LogP contribution in [0.2, 0.25) is 0 Å². The maximum Gasteiger partial charge on any atom is 0.242 e. The predicted molar refractivity (Wildman–Crippen MR) is 148 cm³/mol. The minimum Gasteiger partial charge on any atom is -0.497 e. The van der Waals surface area contributed by atoms with Crippen LogP contribution in [0.1, 0.15) is 57.1 Å². The van der Waals surface area contributed by atoms with Crippen LogP contribution in [0.5, 0.6) is 5.75 Å². The van der Waals surface area contributed by atoms with Crippen molar-refractivity contribution in [2.45, 2.75) is 65.5 Å². The fourth-order valence-electron chi connectivity index (χ4n) is 4.07. The third-order valence-corrected chi connectivity index (χ3v) is 7.40. The monoisotopic (exact) mass is 531 g/mol. The molecule has 0 unspecified atom stereocenters. The second kappa shape index (κ2) is 14.6. The first-order valence-electron chi connectivity index (χ1n) is 12.8. The van der Waals surface area contributed by atoms with Gasteiger partial charge in [-0.3, -0.25) is 13.9 Å². The Balaban J connectivity index is 2.18. The van der Waals surface area contributed by atoms with Crippen LogP contribution in [-0.4, -0.2) is 57.6 Å². The van der Waals surface area contributed by atoms with Crippen LogP contribution in [0.15, 0.2) is 48.5 Å². The molecule has 1 atom stereocenters. The summed E-state index contributed by atoms with van der Waals surface area (Å²) in [5.41, 5.74) is 2.56. The molecule has 0 aliphatic heterocycles. The van der Waals surface area contributed by atoms with Crippen LogP contribution >= 0.6 is 0 Å². The SMILES string of the molecule is CCCCNC(=O)[C@@H](CC)N(Cc1ccc(C)cc1)C(=O)CCCN(c1ccc(OC)cc1)S(C)(=O)=O. The first-order chi connectivity index (χ1) is 17.6. The van der Waals surface area contributed by atoms with E-state index in [1.54, 1.807) is 36.3 Å². The molecule has 1 N–H and O–H groups in total. The van der Waals surface area contributed by atoms with E-state index in [-0.39, 0.29) is 24.8 Å². The number of rotatable bonds is 15. The Labute approximate surface area is 222 Å². The van der Waals surface area contributed by atoms with Crippen molar-refractivity contribution in [3.05, 3.63) is 59.7 Å². The molecule has 0 fully saturated rings. The van der Waals surface area contributed by atoms with E-state index in [0.29, 0.717) is 37.4 Å². The molecule has 2 aromatic rings. The van der Waals surface area contributed by atoms with Gasteiger partial charge in [0.15, 0.2) is 0 Å². The summed E-state index contributed by atoms with van der Waals surface area (Å²) in [6.45, 7) is 6.99. The highest BCUT2D eigenvalue weighted by Crippen LogP contribution is 2.22. The predicted octanol–water partition coefficient (Wildman–Crippen LogP) is 4.27. The van der Waals surface area contributed by atoms with Gasteiger partial charge in [-0.25, -0.2) is 8.42 Å². The third kappa shape index (κ3) is 9.39. The van der Waals surface area contributed by atoms with Crippen LogP contribution in [0.25, 0.3) is 0 Å². The molecule has 37 heavy (non-hydrogen) atoms. The van der Waals surface area contributed by atoms with Gasteiger partial charge in [0.05, 0.1) is 19.1 Å². The molecular weight excluding hydrogens is 490 g/mol. The van der Waals surface area contributed by atoms with Crippen molar-refractivity contribution >= 4 is 27.5 Å². The van der Waals surface area contributed by atoms with E-state index in [1.807, 2.05) is 38.1 Å². The van der Waals surface area contributed by atoms with E-state index in [2.05, 4.69) is 12.2 Å². The largest absolute Gasteiger partial charge is 0.497 e. The number of hydrogen-bond acceptors (Lipinski definition) is 5. The number of anilines is 1. The number of unbranched alkanes of at least 4 members (excludes halogenated alkanes) is 1. The van der Waals surface area contributed by atoms with Crippen LogP contribution in [-0.2, 0) is 26.2 Å². The number of nitrogens with zero attached hydrogens (tertiary/aromatic N) is 2. The highest BCUT2D eigenvalue weighted by Gasteiger charge is 2.28. The minimum atomic E-state index is -3.55. The highest BCUT2D eigenvalue weighted by molar-refractivity contribution is 7.92. The Hall–Kier alpha value is -3.07. The second-order valence-corrected chi connectivity index (χ2v) is 11.1. The zero-order valence-electron chi connectivity index (χ0n) is 22.7. The number of benzene rings is 2. The summed E-state index contributed by atoms with van der Waals surface area (Å²) in [5, 5.41) is 2.96. The van der Waals surface area contributed by atoms with Gasteiger partial charge in [0, 0.05) is 26.1 Å². The van der Waals surface area contributed by atoms with Crippen LogP contribution < -0.4 is 14.4 Å². The maximum absolute atomic E-state index is 13.5. The maximum atomic E-state index is 13.5. The van der Waals surface area contributed by atoms with Gasteiger partial charge in [-0.15, -0.1) is 0 Å². The van der Waals surface area contributed by atoms with Gasteiger partial charge >= 0.3 is 0 Å². The standard InChI is InChI=1S/C28H41N3O5S/c1-6-8-19-29-28(33)26(7-2)30(21-23-13-11-22(3)12-14-23)27(32)10-9-20-31(37(5,34)35)24-15-17-25(36-4)18-16-24/h11-18,26H,6-10,19-21H2,1-5H3,(H,29,33)/t26-/m1/s1. The van der Waals surface area contributed by atoms with Crippen molar-refractivity contribution in [2.75, 3.05) is 30.8 Å². The topological polar surface area (TPSA) is 96.0 Å². The highest BCUT2D eigenvalue weighted by atomic mass is 32.2. The van der Waals surface area contributed by atoms with Gasteiger partial charge in [0.25, 0.3) is 0 Å². The van der Waals surface area contributed by atoms with Crippen molar-refractivity contribution < 1.29 is 22.7 Å². The summed E-state index contributed by atoms with van der Waals surface area (Å²) in [5.74, 6) is 0.288. The summed E-state index contributed by atoms with van der Waals surface area (Å²) >= 11 is 0. The zero-order valence-corrected chi connectivity index (χ0v) is 23.5. The quantitative estimate of drug-likeness (QED) is 0.346. The average molecular weight is 532 g/mol. The molecule has 0 aliphatic carbocycles. The second-order valence-electron chi connectivity index (χ2n) is 9.21. The summed E-state index contributed by atoms with van der Waals surface area (Å²) in [4.78, 5) is 28.1. The number of nitrogens with one attached hydrogen (secondary N) is 1. The summed E-state index contributed by atoms with van der Waals surface area (Å²) in [7, 11) is -2.01. The fraction of sp³-hybridized carbons (Fsp3) is 0.500. The third-order valence-electron chi connectivity index (χ3n) is 6.20. The van der Waals surface area contributed by atoms with Gasteiger partial charge in [-0.2, -0.15) is 0 Å². The molecule has 0 aromatic heterocycles. The Morgan fingerprint density at radius 1 is 1.00 bits per heavy atom.